The summed E-state index contributed by atoms with van der Waals surface area (Å²) >= 11 is 0. The molecule has 0 aromatic carbocycles. The second kappa shape index (κ2) is 5.17. The Labute approximate surface area is 98.2 Å². The molecule has 1 aromatic rings. The molecule has 18 heavy (non-hydrogen) atoms. The van der Waals surface area contributed by atoms with Crippen molar-refractivity contribution in [2.24, 2.45) is 5.73 Å². The largest absolute Gasteiger partial charge is 0.573 e. The van der Waals surface area contributed by atoms with E-state index in [0.29, 0.717) is 6.20 Å². The molecule has 0 atom stereocenters. The highest BCUT2D eigenvalue weighted by molar-refractivity contribution is 5.69. The zero-order chi connectivity index (χ0) is 13.9. The number of hydrogen-bond donors (Lipinski definition) is 2. The van der Waals surface area contributed by atoms with Crippen LogP contribution in [0.25, 0.3) is 0 Å². The minimum absolute atomic E-state index is 0.502. The van der Waals surface area contributed by atoms with Crippen molar-refractivity contribution in [3.05, 3.63) is 23.3 Å². The van der Waals surface area contributed by atoms with Crippen LogP contribution in [0.2, 0.25) is 0 Å². The molecule has 0 radical (unpaired) electrons. The van der Waals surface area contributed by atoms with Gasteiger partial charge >= 0.3 is 12.3 Å². The van der Waals surface area contributed by atoms with Crippen molar-refractivity contribution in [3.63, 3.8) is 0 Å². The van der Waals surface area contributed by atoms with Crippen molar-refractivity contribution in [2.75, 3.05) is 0 Å². The SMILES string of the molecule is NCc1c(OC(F)(F)F)cnc(CC(=O)O)c1F. The molecule has 0 unspecified atom stereocenters. The summed E-state index contributed by atoms with van der Waals surface area (Å²) in [5.41, 5.74) is 4.03. The maximum Gasteiger partial charge on any atom is 0.573 e. The molecule has 0 bridgehead atoms. The topological polar surface area (TPSA) is 85.4 Å². The third-order valence-electron chi connectivity index (χ3n) is 1.90. The van der Waals surface area contributed by atoms with Crippen LogP contribution >= 0.6 is 0 Å². The third-order valence-corrected chi connectivity index (χ3v) is 1.90. The molecule has 0 fully saturated rings. The van der Waals surface area contributed by atoms with Crippen molar-refractivity contribution < 1.29 is 32.2 Å². The first-order valence-corrected chi connectivity index (χ1v) is 4.58. The first kappa shape index (κ1) is 14.2. The van der Waals surface area contributed by atoms with Crippen molar-refractivity contribution in [1.82, 2.24) is 4.98 Å². The van der Waals surface area contributed by atoms with E-state index in [2.05, 4.69) is 9.72 Å². The molecule has 0 spiro atoms. The maximum atomic E-state index is 13.6. The van der Waals surface area contributed by atoms with Gasteiger partial charge in [0.05, 0.1) is 18.3 Å². The Morgan fingerprint density at radius 2 is 2.11 bits per heavy atom. The molecule has 0 saturated heterocycles. The quantitative estimate of drug-likeness (QED) is 0.801. The van der Waals surface area contributed by atoms with E-state index in [-0.39, 0.29) is 0 Å². The maximum absolute atomic E-state index is 13.6. The van der Waals surface area contributed by atoms with Gasteiger partial charge < -0.3 is 15.6 Å². The molecule has 1 rings (SSSR count). The lowest BCUT2D eigenvalue weighted by atomic mass is 10.1. The van der Waals surface area contributed by atoms with E-state index in [1.54, 1.807) is 0 Å². The predicted molar refractivity (Wildman–Crippen MR) is 50.1 cm³/mol. The first-order chi connectivity index (χ1) is 8.24. The Kier molecular flexibility index (Phi) is 4.07. The number of aliphatic carboxylic acids is 1. The number of aromatic nitrogens is 1. The van der Waals surface area contributed by atoms with Crippen molar-refractivity contribution in [1.29, 1.82) is 0 Å². The van der Waals surface area contributed by atoms with Crippen LogP contribution in [0.3, 0.4) is 0 Å². The Balaban J connectivity index is 3.16. The lowest BCUT2D eigenvalue weighted by Gasteiger charge is -2.13. The van der Waals surface area contributed by atoms with E-state index in [9.17, 15) is 22.4 Å². The smallest absolute Gasteiger partial charge is 0.481 e. The summed E-state index contributed by atoms with van der Waals surface area (Å²) in [5.74, 6) is -3.45. The number of halogens is 4. The number of alkyl halides is 3. The second-order valence-electron chi connectivity index (χ2n) is 3.18. The number of carboxylic acid groups (broad SMARTS) is 1. The minimum Gasteiger partial charge on any atom is -0.481 e. The fraction of sp³-hybridized carbons (Fsp3) is 0.333. The van der Waals surface area contributed by atoms with Crippen LogP contribution < -0.4 is 10.5 Å². The molecule has 9 heteroatoms. The molecule has 5 nitrogen and oxygen atoms in total. The first-order valence-electron chi connectivity index (χ1n) is 4.58. The summed E-state index contributed by atoms with van der Waals surface area (Å²) < 4.78 is 53.1. The van der Waals surface area contributed by atoms with Gasteiger partial charge in [-0.25, -0.2) is 4.39 Å². The molecule has 0 aliphatic heterocycles. The fourth-order valence-electron chi connectivity index (χ4n) is 1.22. The summed E-state index contributed by atoms with van der Waals surface area (Å²) in [4.78, 5) is 13.7. The molecule has 1 heterocycles. The second-order valence-corrected chi connectivity index (χ2v) is 3.18. The van der Waals surface area contributed by atoms with Crippen molar-refractivity contribution in [3.8, 4) is 5.75 Å². The molecule has 1 aromatic heterocycles. The molecule has 3 N–H and O–H groups in total. The van der Waals surface area contributed by atoms with Crippen LogP contribution in [0.1, 0.15) is 11.3 Å². The predicted octanol–water partition coefficient (Wildman–Crippen LogP) is 1.21. The average molecular weight is 268 g/mol. The summed E-state index contributed by atoms with van der Waals surface area (Å²) in [6.45, 7) is -0.577. The van der Waals surface area contributed by atoms with Gasteiger partial charge in [-0.2, -0.15) is 0 Å². The zero-order valence-electron chi connectivity index (χ0n) is 8.79. The van der Waals surface area contributed by atoms with Gasteiger partial charge in [-0.15, -0.1) is 13.2 Å². The van der Waals surface area contributed by atoms with Crippen LogP contribution in [-0.4, -0.2) is 22.4 Å². The van der Waals surface area contributed by atoms with Crippen LogP contribution in [0.15, 0.2) is 6.20 Å². The van der Waals surface area contributed by atoms with Crippen LogP contribution in [-0.2, 0) is 17.8 Å². The molecule has 0 saturated carbocycles. The Hall–Kier alpha value is -1.90. The third kappa shape index (κ3) is 3.55. The summed E-state index contributed by atoms with van der Waals surface area (Å²) in [6.07, 6.45) is -5.17. The van der Waals surface area contributed by atoms with Crippen LogP contribution in [0, 0.1) is 5.82 Å². The Bertz CT molecular complexity index is 462. The number of nitrogens with zero attached hydrogens (tertiary/aromatic N) is 1. The molecule has 0 aliphatic carbocycles. The Morgan fingerprint density at radius 1 is 1.50 bits per heavy atom. The van der Waals surface area contributed by atoms with Crippen molar-refractivity contribution in [2.45, 2.75) is 19.3 Å². The van der Waals surface area contributed by atoms with Crippen LogP contribution in [0.4, 0.5) is 17.6 Å². The molecule has 0 aliphatic rings. The summed E-state index contributed by atoms with van der Waals surface area (Å²) in [6, 6.07) is 0. The highest BCUT2D eigenvalue weighted by atomic mass is 19.4. The van der Waals surface area contributed by atoms with Crippen molar-refractivity contribution >= 4 is 5.97 Å². The number of pyridine rings is 1. The van der Waals surface area contributed by atoms with Gasteiger partial charge in [0.1, 0.15) is 0 Å². The van der Waals surface area contributed by atoms with Gasteiger partial charge in [0.25, 0.3) is 0 Å². The highest BCUT2D eigenvalue weighted by Gasteiger charge is 2.33. The molecule has 0 amide bonds. The lowest BCUT2D eigenvalue weighted by molar-refractivity contribution is -0.275. The van der Waals surface area contributed by atoms with E-state index in [1.165, 1.54) is 0 Å². The number of nitrogens with two attached hydrogens (primary N) is 1. The van der Waals surface area contributed by atoms with Gasteiger partial charge in [0, 0.05) is 12.1 Å². The summed E-state index contributed by atoms with van der Waals surface area (Å²) in [5, 5.41) is 8.46. The molecular formula is C9H8F4N2O3. The monoisotopic (exact) mass is 268 g/mol. The van der Waals surface area contributed by atoms with E-state index in [0.717, 1.165) is 0 Å². The number of rotatable bonds is 4. The molecular weight excluding hydrogens is 260 g/mol. The van der Waals surface area contributed by atoms with Crippen LogP contribution in [0.5, 0.6) is 5.75 Å². The number of carboxylic acids is 1. The van der Waals surface area contributed by atoms with Gasteiger partial charge in [0.2, 0.25) is 0 Å². The normalized spacial score (nSPS) is 11.4. The van der Waals surface area contributed by atoms with E-state index < -0.39 is 48.1 Å². The van der Waals surface area contributed by atoms with E-state index in [1.807, 2.05) is 0 Å². The number of ether oxygens (including phenoxy) is 1. The molecule has 100 valence electrons. The van der Waals surface area contributed by atoms with Gasteiger partial charge in [-0.1, -0.05) is 0 Å². The average Bonchev–Trinajstić information content (AvgIpc) is 2.20. The van der Waals surface area contributed by atoms with E-state index in [4.69, 9.17) is 10.8 Å². The highest BCUT2D eigenvalue weighted by Crippen LogP contribution is 2.28. The van der Waals surface area contributed by atoms with Gasteiger partial charge in [0.15, 0.2) is 11.6 Å². The zero-order valence-corrected chi connectivity index (χ0v) is 8.79. The summed E-state index contributed by atoms with van der Waals surface area (Å²) in [7, 11) is 0. The lowest BCUT2D eigenvalue weighted by Crippen LogP contribution is -2.20. The number of hydrogen-bond acceptors (Lipinski definition) is 4. The minimum atomic E-state index is -5.01. The number of carbonyl (C=O) groups is 1. The van der Waals surface area contributed by atoms with Gasteiger partial charge in [-0.05, 0) is 0 Å². The Morgan fingerprint density at radius 3 is 2.56 bits per heavy atom. The van der Waals surface area contributed by atoms with E-state index >= 15 is 0 Å². The fourth-order valence-corrected chi connectivity index (χ4v) is 1.22. The van der Waals surface area contributed by atoms with Gasteiger partial charge in [-0.3, -0.25) is 9.78 Å². The standard InChI is InChI=1S/C9H8F4N2O3/c10-8-4(2-14)6(18-9(11,12)13)3-15-5(8)1-7(16)17/h3H,1-2,14H2,(H,16,17).